The predicted octanol–water partition coefficient (Wildman–Crippen LogP) is -1.44. The molecule has 4 rings (SSSR count). The Bertz CT molecular complexity index is 1350. The summed E-state index contributed by atoms with van der Waals surface area (Å²) in [4.78, 5) is 40.9. The van der Waals surface area contributed by atoms with Crippen LogP contribution in [0.25, 0.3) is 11.2 Å². The third kappa shape index (κ3) is 4.13. The number of halogens is 2. The van der Waals surface area contributed by atoms with E-state index >= 15 is 0 Å². The van der Waals surface area contributed by atoms with Crippen LogP contribution in [0.4, 0.5) is 8.78 Å². The van der Waals surface area contributed by atoms with Crippen molar-refractivity contribution in [2.45, 2.75) is 37.3 Å². The Morgan fingerprint density at radius 3 is 2.53 bits per heavy atom. The van der Waals surface area contributed by atoms with E-state index in [4.69, 9.17) is 4.74 Å². The lowest BCUT2D eigenvalue weighted by Crippen LogP contribution is -2.60. The summed E-state index contributed by atoms with van der Waals surface area (Å²) in [5, 5.41) is 23.5. The maximum atomic E-state index is 13.8. The molecule has 0 spiro atoms. The van der Waals surface area contributed by atoms with Crippen LogP contribution in [0.3, 0.4) is 0 Å². The van der Waals surface area contributed by atoms with Gasteiger partial charge in [0.1, 0.15) is 35.6 Å². The fraction of sp³-hybridized carbons (Fsp3) is 0.429. The molecule has 1 amide bonds. The van der Waals surface area contributed by atoms with Crippen LogP contribution in [0.15, 0.2) is 34.1 Å². The Labute approximate surface area is 190 Å². The summed E-state index contributed by atoms with van der Waals surface area (Å²) in [5.41, 5.74) is -1.26. The minimum Gasteiger partial charge on any atom is -0.388 e. The summed E-state index contributed by atoms with van der Waals surface area (Å²) in [7, 11) is 2.81. The monoisotopic (exact) mass is 479 g/mol. The summed E-state index contributed by atoms with van der Waals surface area (Å²) in [5.74, 6) is -2.49. The number of rotatable bonds is 5. The topological polar surface area (TPSA) is 141 Å². The van der Waals surface area contributed by atoms with Crippen LogP contribution in [0.1, 0.15) is 5.56 Å². The van der Waals surface area contributed by atoms with Gasteiger partial charge in [-0.3, -0.25) is 18.7 Å². The Kier molecular flexibility index (Phi) is 6.34. The van der Waals surface area contributed by atoms with Gasteiger partial charge in [0.25, 0.3) is 5.56 Å². The molecule has 13 heteroatoms. The van der Waals surface area contributed by atoms with Crippen LogP contribution in [-0.2, 0) is 36.6 Å². The second-order valence-electron chi connectivity index (χ2n) is 8.18. The number of ether oxygens (including phenoxy) is 1. The second-order valence-corrected chi connectivity index (χ2v) is 8.18. The van der Waals surface area contributed by atoms with Crippen molar-refractivity contribution in [1.82, 2.24) is 24.0 Å². The fourth-order valence-electron chi connectivity index (χ4n) is 4.06. The number of imidazole rings is 1. The van der Waals surface area contributed by atoms with Gasteiger partial charge in [-0.25, -0.2) is 18.6 Å². The summed E-state index contributed by atoms with van der Waals surface area (Å²) < 4.78 is 36.8. The van der Waals surface area contributed by atoms with Crippen molar-refractivity contribution in [1.29, 1.82) is 0 Å². The van der Waals surface area contributed by atoms with Gasteiger partial charge in [0.2, 0.25) is 5.91 Å². The van der Waals surface area contributed by atoms with Crippen LogP contribution in [-0.4, -0.2) is 65.8 Å². The molecule has 0 bridgehead atoms. The summed E-state index contributed by atoms with van der Waals surface area (Å²) in [6, 6.07) is 2.22. The van der Waals surface area contributed by atoms with Gasteiger partial charge < -0.3 is 24.8 Å². The third-order valence-corrected chi connectivity index (χ3v) is 5.96. The van der Waals surface area contributed by atoms with Gasteiger partial charge in [0, 0.05) is 19.7 Å². The molecular formula is C21H23F2N5O6. The highest BCUT2D eigenvalue weighted by Gasteiger charge is 2.39. The number of fused-ring (bicyclic) bond motifs is 1. The molecular weight excluding hydrogens is 456 g/mol. The molecule has 182 valence electrons. The lowest BCUT2D eigenvalue weighted by molar-refractivity contribution is -0.158. The van der Waals surface area contributed by atoms with Crippen molar-refractivity contribution < 1.29 is 28.5 Å². The number of hydrogen-bond donors (Lipinski definition) is 3. The molecule has 4 atom stereocenters. The molecule has 11 nitrogen and oxygen atoms in total. The van der Waals surface area contributed by atoms with Gasteiger partial charge >= 0.3 is 5.69 Å². The van der Waals surface area contributed by atoms with Crippen molar-refractivity contribution in [3.63, 3.8) is 0 Å². The molecule has 0 aliphatic carbocycles. The normalized spacial score (nSPS) is 22.8. The molecule has 3 aromatic rings. The van der Waals surface area contributed by atoms with Crippen molar-refractivity contribution in [3.05, 3.63) is 62.6 Å². The van der Waals surface area contributed by atoms with Crippen molar-refractivity contribution in [3.8, 4) is 0 Å². The fourth-order valence-corrected chi connectivity index (χ4v) is 4.06. The number of benzene rings is 1. The number of aromatic nitrogens is 4. The molecule has 0 unspecified atom stereocenters. The van der Waals surface area contributed by atoms with Crippen LogP contribution in [0.5, 0.6) is 0 Å². The van der Waals surface area contributed by atoms with E-state index in [1.807, 2.05) is 0 Å². The van der Waals surface area contributed by atoms with Crippen molar-refractivity contribution in [2.75, 3.05) is 6.61 Å². The lowest BCUT2D eigenvalue weighted by Gasteiger charge is -2.38. The Morgan fingerprint density at radius 2 is 1.85 bits per heavy atom. The molecule has 3 heterocycles. The largest absolute Gasteiger partial charge is 0.388 e. The molecule has 1 saturated heterocycles. The maximum Gasteiger partial charge on any atom is 0.332 e. The first-order valence-corrected chi connectivity index (χ1v) is 10.4. The van der Waals surface area contributed by atoms with Gasteiger partial charge in [-0.05, 0) is 12.1 Å². The first-order chi connectivity index (χ1) is 16.1. The Hall–Kier alpha value is -3.42. The van der Waals surface area contributed by atoms with Crippen LogP contribution < -0.4 is 16.6 Å². The molecule has 3 N–H and O–H groups in total. The van der Waals surface area contributed by atoms with Gasteiger partial charge in [0.15, 0.2) is 5.52 Å². The van der Waals surface area contributed by atoms with E-state index < -0.39 is 65.1 Å². The Balaban J connectivity index is 1.46. The van der Waals surface area contributed by atoms with E-state index in [1.54, 1.807) is 0 Å². The highest BCUT2D eigenvalue weighted by Crippen LogP contribution is 2.20. The van der Waals surface area contributed by atoms with E-state index in [-0.39, 0.29) is 24.3 Å². The average Bonchev–Trinajstić information content (AvgIpc) is 3.22. The van der Waals surface area contributed by atoms with E-state index in [2.05, 4.69) is 10.3 Å². The van der Waals surface area contributed by atoms with Gasteiger partial charge in [-0.2, -0.15) is 0 Å². The first-order valence-electron chi connectivity index (χ1n) is 10.4. The molecule has 34 heavy (non-hydrogen) atoms. The number of nitrogens with zero attached hydrogens (tertiary/aromatic N) is 4. The number of aryl methyl sites for hydroxylation is 1. The zero-order valence-corrected chi connectivity index (χ0v) is 18.3. The number of hydrogen-bond acceptors (Lipinski definition) is 7. The summed E-state index contributed by atoms with van der Waals surface area (Å²) in [6.07, 6.45) is -3.12. The number of aliphatic hydroxyl groups is 2. The number of carbonyl (C=O) groups is 1. The lowest BCUT2D eigenvalue weighted by atomic mass is 9.97. The standard InChI is InChI=1S/C21H23F2N5O6/c1-26-19-16(20(32)27(2)21(26)33)24-9-28(19)7-14-18(31)17(30)13(8-34-14)25-15(29)6-10-11(22)4-3-5-12(10)23/h3-5,9,13-14,17-18,30-31H,6-8H2,1-2H3,(H,25,29)/t13-,14-,17+,18-/m1/s1. The SMILES string of the molecule is Cn1c(=O)c2ncn(C[C@H]3OC[C@@H](NC(=O)Cc4c(F)cccc4F)[C@H](O)[C@@H]3O)c2n(C)c1=O. The van der Waals surface area contributed by atoms with Gasteiger partial charge in [-0.1, -0.05) is 6.07 Å². The number of amides is 1. The van der Waals surface area contributed by atoms with E-state index in [1.165, 1.54) is 35.6 Å². The average molecular weight is 479 g/mol. The molecule has 1 aromatic carbocycles. The molecule has 1 fully saturated rings. The molecule has 0 radical (unpaired) electrons. The maximum absolute atomic E-state index is 13.8. The van der Waals surface area contributed by atoms with Crippen molar-refractivity contribution >= 4 is 17.1 Å². The molecule has 2 aromatic heterocycles. The van der Waals surface area contributed by atoms with Gasteiger partial charge in [-0.15, -0.1) is 0 Å². The van der Waals surface area contributed by atoms with E-state index in [0.717, 1.165) is 16.7 Å². The minimum atomic E-state index is -1.45. The summed E-state index contributed by atoms with van der Waals surface area (Å²) in [6.45, 7) is -0.238. The third-order valence-electron chi connectivity index (χ3n) is 5.96. The second kappa shape index (κ2) is 9.08. The smallest absolute Gasteiger partial charge is 0.332 e. The van der Waals surface area contributed by atoms with Crippen LogP contribution in [0.2, 0.25) is 0 Å². The minimum absolute atomic E-state index is 0.0454. The molecule has 1 aliphatic rings. The Morgan fingerprint density at radius 1 is 1.18 bits per heavy atom. The van der Waals surface area contributed by atoms with E-state index in [9.17, 15) is 33.4 Å². The highest BCUT2D eigenvalue weighted by atomic mass is 19.1. The highest BCUT2D eigenvalue weighted by molar-refractivity contribution is 5.79. The zero-order valence-electron chi connectivity index (χ0n) is 18.3. The van der Waals surface area contributed by atoms with E-state index in [0.29, 0.717) is 0 Å². The number of carbonyl (C=O) groups excluding carboxylic acids is 1. The van der Waals surface area contributed by atoms with Crippen LogP contribution in [0, 0.1) is 11.6 Å². The number of aliphatic hydroxyl groups excluding tert-OH is 2. The first kappa shape index (κ1) is 23.7. The molecule has 0 saturated carbocycles. The number of nitrogens with one attached hydrogen (secondary N) is 1. The van der Waals surface area contributed by atoms with Crippen LogP contribution >= 0.6 is 0 Å². The predicted molar refractivity (Wildman–Crippen MR) is 114 cm³/mol. The van der Waals surface area contributed by atoms with Gasteiger partial charge in [0.05, 0.1) is 31.9 Å². The quantitative estimate of drug-likeness (QED) is 0.407. The summed E-state index contributed by atoms with van der Waals surface area (Å²) >= 11 is 0. The zero-order chi connectivity index (χ0) is 24.7. The molecule has 1 aliphatic heterocycles. The van der Waals surface area contributed by atoms with Crippen molar-refractivity contribution in [2.24, 2.45) is 14.1 Å².